The summed E-state index contributed by atoms with van der Waals surface area (Å²) >= 11 is 0. The van der Waals surface area contributed by atoms with Gasteiger partial charge in [-0.3, -0.25) is 4.79 Å². The van der Waals surface area contributed by atoms with Crippen LogP contribution < -0.4 is 0 Å². The number of ether oxygens (including phenoxy) is 4. The Morgan fingerprint density at radius 3 is 1.50 bits per heavy atom. The number of aliphatic hydroxyl groups is 4. The summed E-state index contributed by atoms with van der Waals surface area (Å²) in [7, 11) is 0. The van der Waals surface area contributed by atoms with Gasteiger partial charge in [-0.1, -0.05) is 184 Å². The van der Waals surface area contributed by atoms with Crippen molar-refractivity contribution in [1.82, 2.24) is 0 Å². The smallest absolute Gasteiger partial charge is 0.306 e. The number of hydrogen-bond acceptors (Lipinski definition) is 9. The summed E-state index contributed by atoms with van der Waals surface area (Å²) in [4.78, 5) is 12.8. The predicted octanol–water partition coefficient (Wildman–Crippen LogP) is 12.3. The van der Waals surface area contributed by atoms with Crippen LogP contribution in [-0.4, -0.2) is 89.6 Å². The average Bonchev–Trinajstić information content (AvgIpc) is 3.27. The molecular formula is C53H94O9. The molecular weight excluding hydrogens is 781 g/mol. The SMILES string of the molecule is CC/C=C\C/C=C\C/C=C\C/C=C\CCCCCCCCC(=O)OC(COCCCCCCCCCCCC/C=C\CCCCCCCC)COC1OC(CO)C(O)C(O)C1O. The molecule has 0 aromatic carbocycles. The van der Waals surface area contributed by atoms with Gasteiger partial charge in [0.2, 0.25) is 0 Å². The van der Waals surface area contributed by atoms with Crippen molar-refractivity contribution in [3.05, 3.63) is 60.8 Å². The molecule has 62 heavy (non-hydrogen) atoms. The number of rotatable bonds is 43. The molecule has 4 N–H and O–H groups in total. The number of carbonyl (C=O) groups excluding carboxylic acids is 1. The molecule has 0 spiro atoms. The zero-order valence-electron chi connectivity index (χ0n) is 39.6. The molecule has 0 saturated carbocycles. The van der Waals surface area contributed by atoms with Crippen LogP contribution in [0.25, 0.3) is 0 Å². The summed E-state index contributed by atoms with van der Waals surface area (Å²) in [6, 6.07) is 0. The minimum absolute atomic E-state index is 0.121. The first-order chi connectivity index (χ1) is 30.4. The molecule has 0 radical (unpaired) electrons. The quantitative estimate of drug-likeness (QED) is 0.0268. The Labute approximate surface area is 379 Å². The van der Waals surface area contributed by atoms with Crippen LogP contribution in [0.2, 0.25) is 0 Å². The zero-order valence-corrected chi connectivity index (χ0v) is 39.6. The lowest BCUT2D eigenvalue weighted by molar-refractivity contribution is -0.305. The monoisotopic (exact) mass is 875 g/mol. The first-order valence-corrected chi connectivity index (χ1v) is 25.4. The second-order valence-corrected chi connectivity index (χ2v) is 17.2. The van der Waals surface area contributed by atoms with Crippen LogP contribution in [0, 0.1) is 0 Å². The molecule has 0 amide bonds. The van der Waals surface area contributed by atoms with E-state index in [4.69, 9.17) is 18.9 Å². The van der Waals surface area contributed by atoms with Crippen LogP contribution in [-0.2, 0) is 23.7 Å². The summed E-state index contributed by atoms with van der Waals surface area (Å²) in [5.74, 6) is -0.328. The van der Waals surface area contributed by atoms with Gasteiger partial charge < -0.3 is 39.4 Å². The average molecular weight is 875 g/mol. The fourth-order valence-electron chi connectivity index (χ4n) is 7.48. The van der Waals surface area contributed by atoms with E-state index >= 15 is 0 Å². The number of hydrogen-bond donors (Lipinski definition) is 4. The number of aliphatic hydroxyl groups excluding tert-OH is 4. The third-order valence-electron chi connectivity index (χ3n) is 11.4. The van der Waals surface area contributed by atoms with Crippen molar-refractivity contribution < 1.29 is 44.2 Å². The third-order valence-corrected chi connectivity index (χ3v) is 11.4. The molecule has 9 nitrogen and oxygen atoms in total. The fraction of sp³-hybridized carbons (Fsp3) is 0.792. The number of unbranched alkanes of at least 4 members (excludes halogenated alkanes) is 22. The van der Waals surface area contributed by atoms with Gasteiger partial charge in [-0.05, 0) is 77.0 Å². The Bertz CT molecular complexity index is 1130. The maximum absolute atomic E-state index is 12.8. The van der Waals surface area contributed by atoms with Crippen LogP contribution in [0.5, 0.6) is 0 Å². The van der Waals surface area contributed by atoms with Crippen molar-refractivity contribution in [2.45, 2.75) is 243 Å². The molecule has 0 aromatic heterocycles. The Balaban J connectivity index is 2.23. The Kier molecular flexibility index (Phi) is 41.2. The maximum Gasteiger partial charge on any atom is 0.306 e. The van der Waals surface area contributed by atoms with E-state index in [9.17, 15) is 25.2 Å². The minimum atomic E-state index is -1.54. The van der Waals surface area contributed by atoms with Gasteiger partial charge in [0.15, 0.2) is 6.29 Å². The van der Waals surface area contributed by atoms with Gasteiger partial charge in [-0.25, -0.2) is 0 Å². The second kappa shape index (κ2) is 44.1. The van der Waals surface area contributed by atoms with Crippen molar-refractivity contribution in [2.75, 3.05) is 26.4 Å². The fourth-order valence-corrected chi connectivity index (χ4v) is 7.48. The summed E-state index contributed by atoms with van der Waals surface area (Å²) in [6.07, 6.45) is 49.6. The van der Waals surface area contributed by atoms with E-state index in [2.05, 4.69) is 74.6 Å². The molecule has 1 aliphatic heterocycles. The van der Waals surface area contributed by atoms with Gasteiger partial charge in [0.05, 0.1) is 19.8 Å². The largest absolute Gasteiger partial charge is 0.457 e. The molecule has 1 rings (SSSR count). The molecule has 6 atom stereocenters. The number of allylic oxidation sites excluding steroid dienone is 10. The molecule has 6 unspecified atom stereocenters. The third kappa shape index (κ3) is 34.3. The summed E-state index contributed by atoms with van der Waals surface area (Å²) < 4.78 is 22.9. The molecule has 1 aliphatic rings. The summed E-state index contributed by atoms with van der Waals surface area (Å²) in [5.41, 5.74) is 0. The van der Waals surface area contributed by atoms with Gasteiger partial charge in [-0.2, -0.15) is 0 Å². The van der Waals surface area contributed by atoms with Crippen molar-refractivity contribution in [3.8, 4) is 0 Å². The molecule has 0 aliphatic carbocycles. The molecule has 1 heterocycles. The van der Waals surface area contributed by atoms with Crippen LogP contribution in [0.4, 0.5) is 0 Å². The van der Waals surface area contributed by atoms with E-state index in [-0.39, 0.29) is 19.2 Å². The van der Waals surface area contributed by atoms with E-state index in [1.54, 1.807) is 0 Å². The van der Waals surface area contributed by atoms with E-state index in [0.717, 1.165) is 70.6 Å². The molecule has 360 valence electrons. The highest BCUT2D eigenvalue weighted by atomic mass is 16.7. The Hall–Kier alpha value is -2.11. The molecule has 0 aromatic rings. The van der Waals surface area contributed by atoms with Gasteiger partial charge in [0, 0.05) is 13.0 Å². The molecule has 1 fully saturated rings. The molecule has 1 saturated heterocycles. The predicted molar refractivity (Wildman–Crippen MR) is 256 cm³/mol. The lowest BCUT2D eigenvalue weighted by Gasteiger charge is -2.39. The van der Waals surface area contributed by atoms with Crippen LogP contribution in [0.1, 0.15) is 206 Å². The lowest BCUT2D eigenvalue weighted by Crippen LogP contribution is -2.59. The topological polar surface area (TPSA) is 135 Å². The highest BCUT2D eigenvalue weighted by Gasteiger charge is 2.44. The highest BCUT2D eigenvalue weighted by Crippen LogP contribution is 2.23. The first kappa shape index (κ1) is 57.9. The van der Waals surface area contributed by atoms with Crippen molar-refractivity contribution in [1.29, 1.82) is 0 Å². The van der Waals surface area contributed by atoms with E-state index in [0.29, 0.717) is 13.0 Å². The van der Waals surface area contributed by atoms with E-state index in [1.807, 2.05) is 0 Å². The Morgan fingerprint density at radius 1 is 0.532 bits per heavy atom. The molecule has 9 heteroatoms. The van der Waals surface area contributed by atoms with Crippen molar-refractivity contribution in [2.24, 2.45) is 0 Å². The van der Waals surface area contributed by atoms with Gasteiger partial charge >= 0.3 is 5.97 Å². The first-order valence-electron chi connectivity index (χ1n) is 25.4. The number of esters is 1. The molecule has 0 bridgehead atoms. The van der Waals surface area contributed by atoms with Gasteiger partial charge in [-0.15, -0.1) is 0 Å². The van der Waals surface area contributed by atoms with Crippen LogP contribution in [0.3, 0.4) is 0 Å². The maximum atomic E-state index is 12.8. The van der Waals surface area contributed by atoms with Gasteiger partial charge in [0.1, 0.15) is 30.5 Å². The van der Waals surface area contributed by atoms with E-state index in [1.165, 1.54) is 116 Å². The van der Waals surface area contributed by atoms with Crippen LogP contribution in [0.15, 0.2) is 60.8 Å². The van der Waals surface area contributed by atoms with Gasteiger partial charge in [0.25, 0.3) is 0 Å². The normalized spacial score (nSPS) is 20.3. The zero-order chi connectivity index (χ0) is 45.0. The summed E-state index contributed by atoms with van der Waals surface area (Å²) in [5, 5.41) is 40.2. The lowest BCUT2D eigenvalue weighted by atomic mass is 9.99. The standard InChI is InChI=1S/C53H94O9/c1-3-5-7-9-11-13-15-17-19-21-23-25-27-29-31-33-35-37-39-41-43-59-45-47(46-60-53-52(58)51(57)50(56)48(44-54)62-53)61-49(55)42-40-38-36-34-32-30-28-26-24-22-20-18-16-14-12-10-8-6-4-2/h6,8,12,14,17-20,24,26,47-48,50-54,56-58H,3-5,7,9-11,13,15-16,21-23,25,27-46H2,1-2H3/b8-6-,14-12-,19-17-,20-18-,26-24-. The van der Waals surface area contributed by atoms with Crippen molar-refractivity contribution in [3.63, 3.8) is 0 Å². The highest BCUT2D eigenvalue weighted by molar-refractivity contribution is 5.69. The van der Waals surface area contributed by atoms with Crippen LogP contribution >= 0.6 is 0 Å². The second-order valence-electron chi connectivity index (χ2n) is 17.2. The Morgan fingerprint density at radius 2 is 0.984 bits per heavy atom. The number of carbonyl (C=O) groups is 1. The van der Waals surface area contributed by atoms with E-state index < -0.39 is 43.4 Å². The van der Waals surface area contributed by atoms with Crippen molar-refractivity contribution >= 4 is 5.97 Å². The minimum Gasteiger partial charge on any atom is -0.457 e. The summed E-state index contributed by atoms with van der Waals surface area (Å²) in [6.45, 7) is 4.43.